The average Bonchev–Trinajstić information content (AvgIpc) is 2.79. The van der Waals surface area contributed by atoms with Gasteiger partial charge in [0.25, 0.3) is 5.56 Å². The van der Waals surface area contributed by atoms with E-state index in [1.807, 2.05) is 6.07 Å². The predicted molar refractivity (Wildman–Crippen MR) is 116 cm³/mol. The van der Waals surface area contributed by atoms with E-state index in [9.17, 15) is 14.4 Å². The zero-order valence-electron chi connectivity index (χ0n) is 16.5. The lowest BCUT2D eigenvalue weighted by Crippen LogP contribution is -2.42. The Bertz CT molecular complexity index is 1140. The monoisotopic (exact) mass is 423 g/mol. The number of fused-ring (bicyclic) bond motifs is 1. The second kappa shape index (κ2) is 8.79. The number of ketones is 1. The Hall–Kier alpha value is -2.99. The molecule has 1 aliphatic rings. The van der Waals surface area contributed by atoms with Crippen molar-refractivity contribution in [3.8, 4) is 0 Å². The number of amides is 1. The smallest absolute Gasteiger partial charge is 0.261 e. The number of benzene rings is 2. The molecular formula is C23H22ClN3O3. The summed E-state index contributed by atoms with van der Waals surface area (Å²) in [5.41, 5.74) is 1.11. The fourth-order valence-corrected chi connectivity index (χ4v) is 4.03. The number of carbonyl (C=O) groups excluding carboxylic acids is 2. The Kier molecular flexibility index (Phi) is 5.95. The quantitative estimate of drug-likeness (QED) is 0.588. The third-order valence-electron chi connectivity index (χ3n) is 5.57. The van der Waals surface area contributed by atoms with E-state index < -0.39 is 0 Å². The molecule has 0 aliphatic carbocycles. The molecule has 7 heteroatoms. The molecule has 1 unspecified atom stereocenters. The summed E-state index contributed by atoms with van der Waals surface area (Å²) in [5.74, 6) is -0.225. The molecule has 0 spiro atoms. The molecule has 6 nitrogen and oxygen atoms in total. The zero-order valence-corrected chi connectivity index (χ0v) is 17.2. The standard InChI is InChI=1S/C23H22ClN3O3/c24-18-9-7-16(8-10-18)22(29)17-4-3-12-26(14-17)21(28)11-13-27-15-25-20-6-2-1-5-19(20)23(27)30/h1-2,5-10,15,17H,3-4,11-14H2. The second-order valence-corrected chi connectivity index (χ2v) is 8.00. The van der Waals surface area contributed by atoms with Gasteiger partial charge in [-0.1, -0.05) is 23.7 Å². The van der Waals surface area contributed by atoms with Crippen molar-refractivity contribution in [2.75, 3.05) is 13.1 Å². The molecule has 0 N–H and O–H groups in total. The van der Waals surface area contributed by atoms with Crippen LogP contribution in [0.5, 0.6) is 0 Å². The van der Waals surface area contributed by atoms with E-state index in [4.69, 9.17) is 11.6 Å². The number of carbonyl (C=O) groups is 2. The molecule has 1 aliphatic heterocycles. The van der Waals surface area contributed by atoms with Crippen molar-refractivity contribution in [1.29, 1.82) is 0 Å². The van der Waals surface area contributed by atoms with Gasteiger partial charge in [-0.2, -0.15) is 0 Å². The van der Waals surface area contributed by atoms with Crippen molar-refractivity contribution in [2.24, 2.45) is 5.92 Å². The zero-order chi connectivity index (χ0) is 21.1. The number of piperidine rings is 1. The Morgan fingerprint density at radius 3 is 2.67 bits per heavy atom. The van der Waals surface area contributed by atoms with Gasteiger partial charge in [0.05, 0.1) is 17.2 Å². The van der Waals surface area contributed by atoms with Crippen LogP contribution in [0.4, 0.5) is 0 Å². The maximum Gasteiger partial charge on any atom is 0.261 e. The minimum absolute atomic E-state index is 0.0408. The molecule has 1 amide bonds. The first-order valence-corrected chi connectivity index (χ1v) is 10.4. The Labute approximate surface area is 179 Å². The average molecular weight is 424 g/mol. The highest BCUT2D eigenvalue weighted by atomic mass is 35.5. The fraction of sp³-hybridized carbons (Fsp3) is 0.304. The molecule has 2 heterocycles. The van der Waals surface area contributed by atoms with Gasteiger partial charge in [-0.3, -0.25) is 19.0 Å². The normalized spacial score (nSPS) is 16.6. The molecule has 1 aromatic heterocycles. The van der Waals surface area contributed by atoms with Crippen LogP contribution in [-0.4, -0.2) is 39.2 Å². The maximum atomic E-state index is 12.8. The lowest BCUT2D eigenvalue weighted by Gasteiger charge is -2.32. The van der Waals surface area contributed by atoms with Gasteiger partial charge in [-0.15, -0.1) is 0 Å². The minimum atomic E-state index is -0.214. The van der Waals surface area contributed by atoms with Crippen LogP contribution in [0.25, 0.3) is 10.9 Å². The van der Waals surface area contributed by atoms with Gasteiger partial charge in [0, 0.05) is 42.6 Å². The van der Waals surface area contributed by atoms with Crippen molar-refractivity contribution in [1.82, 2.24) is 14.5 Å². The number of aryl methyl sites for hydroxylation is 1. The van der Waals surface area contributed by atoms with Crippen molar-refractivity contribution >= 4 is 34.2 Å². The lowest BCUT2D eigenvalue weighted by atomic mass is 9.90. The highest BCUT2D eigenvalue weighted by Gasteiger charge is 2.28. The number of likely N-dealkylation sites (tertiary alicyclic amines) is 1. The summed E-state index contributed by atoms with van der Waals surface area (Å²) in [7, 11) is 0. The van der Waals surface area contributed by atoms with Crippen LogP contribution in [0.15, 0.2) is 59.7 Å². The molecule has 1 saturated heterocycles. The lowest BCUT2D eigenvalue weighted by molar-refractivity contribution is -0.132. The van der Waals surface area contributed by atoms with E-state index in [2.05, 4.69) is 4.98 Å². The summed E-state index contributed by atoms with van der Waals surface area (Å²) in [4.78, 5) is 44.2. The largest absolute Gasteiger partial charge is 0.342 e. The number of Topliss-reactive ketones (excluding diaryl/α,β-unsaturated/α-hetero) is 1. The molecule has 30 heavy (non-hydrogen) atoms. The van der Waals surface area contributed by atoms with E-state index in [1.54, 1.807) is 47.4 Å². The minimum Gasteiger partial charge on any atom is -0.342 e. The van der Waals surface area contributed by atoms with Gasteiger partial charge >= 0.3 is 0 Å². The van der Waals surface area contributed by atoms with Crippen LogP contribution in [0, 0.1) is 5.92 Å². The van der Waals surface area contributed by atoms with Gasteiger partial charge in [0.15, 0.2) is 5.78 Å². The van der Waals surface area contributed by atoms with E-state index in [-0.39, 0.29) is 36.1 Å². The number of hydrogen-bond donors (Lipinski definition) is 0. The second-order valence-electron chi connectivity index (χ2n) is 7.56. The van der Waals surface area contributed by atoms with Crippen molar-refractivity contribution in [2.45, 2.75) is 25.8 Å². The topological polar surface area (TPSA) is 72.3 Å². The van der Waals surface area contributed by atoms with Crippen LogP contribution in [0.3, 0.4) is 0 Å². The van der Waals surface area contributed by atoms with Crippen LogP contribution >= 0.6 is 11.6 Å². The van der Waals surface area contributed by atoms with Gasteiger partial charge in [-0.05, 0) is 49.2 Å². The molecule has 0 radical (unpaired) electrons. The van der Waals surface area contributed by atoms with E-state index in [0.717, 1.165) is 12.8 Å². The molecule has 0 bridgehead atoms. The molecular weight excluding hydrogens is 402 g/mol. The van der Waals surface area contributed by atoms with E-state index in [1.165, 1.54) is 10.9 Å². The van der Waals surface area contributed by atoms with Crippen LogP contribution in [0.2, 0.25) is 5.02 Å². The summed E-state index contributed by atoms with van der Waals surface area (Å²) >= 11 is 5.90. The summed E-state index contributed by atoms with van der Waals surface area (Å²) in [6, 6.07) is 14.0. The Morgan fingerprint density at radius 2 is 1.87 bits per heavy atom. The third kappa shape index (κ3) is 4.28. The third-order valence-corrected chi connectivity index (χ3v) is 5.82. The van der Waals surface area contributed by atoms with Crippen molar-refractivity contribution in [3.05, 3.63) is 75.8 Å². The molecule has 2 aromatic carbocycles. The highest BCUT2D eigenvalue weighted by molar-refractivity contribution is 6.30. The van der Waals surface area contributed by atoms with Crippen molar-refractivity contribution in [3.63, 3.8) is 0 Å². The molecule has 1 fully saturated rings. The number of para-hydroxylation sites is 1. The summed E-state index contributed by atoms with van der Waals surface area (Å²) in [6.07, 6.45) is 3.23. The molecule has 3 aromatic rings. The number of halogens is 1. The van der Waals surface area contributed by atoms with Gasteiger partial charge in [0.1, 0.15) is 0 Å². The Morgan fingerprint density at radius 1 is 1.10 bits per heavy atom. The van der Waals surface area contributed by atoms with Crippen LogP contribution in [-0.2, 0) is 11.3 Å². The van der Waals surface area contributed by atoms with Gasteiger partial charge in [-0.25, -0.2) is 4.98 Å². The highest BCUT2D eigenvalue weighted by Crippen LogP contribution is 2.22. The number of aromatic nitrogens is 2. The SMILES string of the molecule is O=C(c1ccc(Cl)cc1)C1CCCN(C(=O)CCn2cnc3ccccc3c2=O)C1. The molecule has 154 valence electrons. The van der Waals surface area contributed by atoms with Gasteiger partial charge < -0.3 is 4.90 Å². The predicted octanol–water partition coefficient (Wildman–Crippen LogP) is 3.56. The fourth-order valence-electron chi connectivity index (χ4n) is 3.91. The maximum absolute atomic E-state index is 12.8. The first-order valence-electron chi connectivity index (χ1n) is 10.0. The van der Waals surface area contributed by atoms with E-state index >= 15 is 0 Å². The molecule has 0 saturated carbocycles. The summed E-state index contributed by atoms with van der Waals surface area (Å²) in [6.45, 7) is 1.31. The molecule has 1 atom stereocenters. The first kappa shape index (κ1) is 20.3. The van der Waals surface area contributed by atoms with Gasteiger partial charge in [0.2, 0.25) is 5.91 Å². The summed E-state index contributed by atoms with van der Waals surface area (Å²) < 4.78 is 1.47. The van der Waals surface area contributed by atoms with Crippen LogP contribution in [0.1, 0.15) is 29.6 Å². The van der Waals surface area contributed by atoms with E-state index in [0.29, 0.717) is 34.6 Å². The number of nitrogens with zero attached hydrogens (tertiary/aromatic N) is 3. The first-order chi connectivity index (χ1) is 14.5. The van der Waals surface area contributed by atoms with Crippen molar-refractivity contribution < 1.29 is 9.59 Å². The van der Waals surface area contributed by atoms with Crippen LogP contribution < -0.4 is 5.56 Å². The number of hydrogen-bond acceptors (Lipinski definition) is 4. The number of rotatable bonds is 5. The Balaban J connectivity index is 1.40. The molecule has 4 rings (SSSR count). The summed E-state index contributed by atoms with van der Waals surface area (Å²) in [5, 5.41) is 1.13.